The molecule has 0 amide bonds. The monoisotopic (exact) mass is 195 g/mol. The smallest absolute Gasteiger partial charge is 0.100 e. The van der Waals surface area contributed by atoms with Crippen molar-refractivity contribution in [2.75, 3.05) is 0 Å². The van der Waals surface area contributed by atoms with E-state index in [1.165, 1.54) is 0 Å². The number of nitriles is 1. The molecule has 0 saturated carbocycles. The number of hydrogen-bond donors (Lipinski definition) is 0. The molecule has 0 aromatic carbocycles. The van der Waals surface area contributed by atoms with Crippen molar-refractivity contribution in [3.8, 4) is 6.07 Å². The summed E-state index contributed by atoms with van der Waals surface area (Å²) in [4.78, 5) is 0. The zero-order valence-corrected chi connectivity index (χ0v) is 9.07. The van der Waals surface area contributed by atoms with Crippen LogP contribution in [0, 0.1) is 16.7 Å². The van der Waals surface area contributed by atoms with Crippen molar-refractivity contribution in [1.82, 2.24) is 0 Å². The highest BCUT2D eigenvalue weighted by molar-refractivity contribution is 6.32. The van der Waals surface area contributed by atoms with Crippen LogP contribution in [0.5, 0.6) is 0 Å². The summed E-state index contributed by atoms with van der Waals surface area (Å²) in [5.41, 5.74) is 1.12. The molecule has 0 radical (unpaired) electrons. The Morgan fingerprint density at radius 3 is 2.15 bits per heavy atom. The summed E-state index contributed by atoms with van der Waals surface area (Å²) in [6.45, 7) is 13.5. The summed E-state index contributed by atoms with van der Waals surface area (Å²) in [6.07, 6.45) is 1.69. The number of rotatable bonds is 2. The molecule has 0 N–H and O–H groups in total. The van der Waals surface area contributed by atoms with Crippen molar-refractivity contribution in [2.45, 2.75) is 20.8 Å². The average molecular weight is 196 g/mol. The quantitative estimate of drug-likeness (QED) is 0.486. The molecule has 0 aliphatic carbocycles. The summed E-state index contributed by atoms with van der Waals surface area (Å²) in [6, 6.07) is 1.89. The van der Waals surface area contributed by atoms with E-state index in [0.29, 0.717) is 5.03 Å². The third-order valence-corrected chi connectivity index (χ3v) is 2.02. The van der Waals surface area contributed by atoms with Crippen LogP contribution >= 0.6 is 11.6 Å². The maximum Gasteiger partial charge on any atom is 0.100 e. The topological polar surface area (TPSA) is 23.8 Å². The van der Waals surface area contributed by atoms with Gasteiger partial charge in [-0.2, -0.15) is 5.26 Å². The summed E-state index contributed by atoms with van der Waals surface area (Å²) in [7, 11) is 0. The highest BCUT2D eigenvalue weighted by Crippen LogP contribution is 2.27. The maximum absolute atomic E-state index is 8.52. The second-order valence-corrected chi connectivity index (χ2v) is 4.27. The van der Waals surface area contributed by atoms with Gasteiger partial charge in [0.15, 0.2) is 0 Å². The molecule has 0 aliphatic rings. The van der Waals surface area contributed by atoms with E-state index < -0.39 is 0 Å². The first kappa shape index (κ1) is 12.0. The number of nitrogens with zero attached hydrogens (tertiary/aromatic N) is 1. The van der Waals surface area contributed by atoms with Gasteiger partial charge in [-0.1, -0.05) is 45.5 Å². The molecule has 0 saturated heterocycles. The summed E-state index contributed by atoms with van der Waals surface area (Å²) in [5.74, 6) is 0. The lowest BCUT2D eigenvalue weighted by Crippen LogP contribution is -2.06. The third-order valence-electron chi connectivity index (χ3n) is 1.69. The van der Waals surface area contributed by atoms with E-state index in [9.17, 15) is 0 Å². The van der Waals surface area contributed by atoms with Crippen LogP contribution in [0.3, 0.4) is 0 Å². The molecule has 1 nitrogen and oxygen atoms in total. The van der Waals surface area contributed by atoms with Crippen molar-refractivity contribution < 1.29 is 0 Å². The van der Waals surface area contributed by atoms with Gasteiger partial charge in [-0.15, -0.1) is 0 Å². The number of hydrogen-bond acceptors (Lipinski definition) is 1. The Morgan fingerprint density at radius 2 is 1.85 bits per heavy atom. The molecular weight excluding hydrogens is 182 g/mol. The van der Waals surface area contributed by atoms with Gasteiger partial charge in [0, 0.05) is 0 Å². The summed E-state index contributed by atoms with van der Waals surface area (Å²) < 4.78 is 0. The van der Waals surface area contributed by atoms with Gasteiger partial charge < -0.3 is 0 Å². The summed E-state index contributed by atoms with van der Waals surface area (Å²) in [5, 5.41) is 8.88. The molecule has 0 unspecified atom stereocenters. The van der Waals surface area contributed by atoms with Crippen LogP contribution in [0.4, 0.5) is 0 Å². The average Bonchev–Trinajstić information content (AvgIpc) is 2.01. The molecule has 0 spiro atoms. The van der Waals surface area contributed by atoms with Gasteiger partial charge in [0.25, 0.3) is 0 Å². The highest BCUT2D eigenvalue weighted by Gasteiger charge is 2.13. The lowest BCUT2D eigenvalue weighted by atomic mass is 9.87. The van der Waals surface area contributed by atoms with Crippen molar-refractivity contribution in [2.24, 2.45) is 5.41 Å². The van der Waals surface area contributed by atoms with Crippen LogP contribution in [0.15, 0.2) is 35.4 Å². The van der Waals surface area contributed by atoms with Crippen molar-refractivity contribution >= 4 is 11.6 Å². The molecule has 0 aromatic rings. The van der Waals surface area contributed by atoms with E-state index in [-0.39, 0.29) is 11.0 Å². The van der Waals surface area contributed by atoms with Crippen molar-refractivity contribution in [3.63, 3.8) is 0 Å². The minimum Gasteiger partial charge on any atom is -0.192 e. The van der Waals surface area contributed by atoms with Crippen molar-refractivity contribution in [1.29, 1.82) is 5.26 Å². The Labute approximate surface area is 85.0 Å². The van der Waals surface area contributed by atoms with Crippen LogP contribution in [0.2, 0.25) is 0 Å². The van der Waals surface area contributed by atoms with E-state index in [1.54, 1.807) is 6.08 Å². The van der Waals surface area contributed by atoms with E-state index in [1.807, 2.05) is 26.8 Å². The fraction of sp³-hybridized carbons (Fsp3) is 0.364. The molecule has 70 valence electrons. The maximum atomic E-state index is 8.52. The number of allylic oxidation sites excluding steroid dienone is 4. The van der Waals surface area contributed by atoms with Crippen LogP contribution in [-0.2, 0) is 0 Å². The predicted octanol–water partition coefficient (Wildman–Crippen LogP) is 3.79. The Kier molecular flexibility index (Phi) is 3.97. The second kappa shape index (κ2) is 4.30. The van der Waals surface area contributed by atoms with Crippen LogP contribution in [0.25, 0.3) is 0 Å². The first-order valence-corrected chi connectivity index (χ1v) is 4.33. The van der Waals surface area contributed by atoms with Gasteiger partial charge in [0.1, 0.15) is 6.07 Å². The Morgan fingerprint density at radius 1 is 1.38 bits per heavy atom. The highest BCUT2D eigenvalue weighted by atomic mass is 35.5. The van der Waals surface area contributed by atoms with Crippen LogP contribution in [0.1, 0.15) is 20.8 Å². The zero-order valence-electron chi connectivity index (χ0n) is 8.32. The van der Waals surface area contributed by atoms with E-state index in [2.05, 4.69) is 13.2 Å². The molecule has 0 bridgehead atoms. The fourth-order valence-electron chi connectivity index (χ4n) is 0.510. The zero-order chi connectivity index (χ0) is 10.6. The number of halogens is 1. The second-order valence-electron chi connectivity index (χ2n) is 3.86. The summed E-state index contributed by atoms with van der Waals surface area (Å²) >= 11 is 5.81. The van der Waals surface area contributed by atoms with Crippen molar-refractivity contribution in [3.05, 3.63) is 35.4 Å². The fourth-order valence-corrected chi connectivity index (χ4v) is 0.684. The lowest BCUT2D eigenvalue weighted by Gasteiger charge is -2.18. The molecule has 2 heteroatoms. The Bertz CT molecular complexity index is 297. The lowest BCUT2D eigenvalue weighted by molar-refractivity contribution is 0.519. The standard InChI is InChI=1S/C11H14ClN/c1-8(7-13)10(12)6-9(2)11(3,4)5/h6H,1-2H2,3-5H3/b10-6+. The van der Waals surface area contributed by atoms with Gasteiger partial charge in [0.2, 0.25) is 0 Å². The minimum absolute atomic E-state index is 0.0319. The SMILES string of the molecule is C=C(C#N)/C(Cl)=C\C(=C)C(C)(C)C. The largest absolute Gasteiger partial charge is 0.192 e. The molecule has 0 aromatic heterocycles. The van der Waals surface area contributed by atoms with E-state index >= 15 is 0 Å². The molecule has 0 aliphatic heterocycles. The first-order valence-electron chi connectivity index (χ1n) is 3.95. The van der Waals surface area contributed by atoms with Crippen LogP contribution in [-0.4, -0.2) is 0 Å². The Balaban J connectivity index is 4.71. The minimum atomic E-state index is -0.0319. The van der Waals surface area contributed by atoms with Crippen LogP contribution < -0.4 is 0 Å². The Hall–Kier alpha value is -1.00. The normalized spacial score (nSPS) is 12.1. The first-order chi connectivity index (χ1) is 5.79. The molecular formula is C11H14ClN. The molecule has 0 fully saturated rings. The molecule has 0 heterocycles. The van der Waals surface area contributed by atoms with Gasteiger partial charge in [-0.25, -0.2) is 0 Å². The predicted molar refractivity (Wildman–Crippen MR) is 57.3 cm³/mol. The molecule has 0 atom stereocenters. The molecule has 13 heavy (non-hydrogen) atoms. The van der Waals surface area contributed by atoms with Gasteiger partial charge in [-0.05, 0) is 17.1 Å². The van der Waals surface area contributed by atoms with E-state index in [0.717, 1.165) is 5.57 Å². The van der Waals surface area contributed by atoms with E-state index in [4.69, 9.17) is 16.9 Å². The van der Waals surface area contributed by atoms with Gasteiger partial charge >= 0.3 is 0 Å². The van der Waals surface area contributed by atoms with Gasteiger partial charge in [0.05, 0.1) is 10.6 Å². The third kappa shape index (κ3) is 3.96. The molecule has 0 rings (SSSR count). The van der Waals surface area contributed by atoms with Gasteiger partial charge in [-0.3, -0.25) is 0 Å².